The maximum Gasteiger partial charge on any atom is 1.00 e. The molecule has 0 atom stereocenters. The molecule has 0 aliphatic rings. The largest absolute Gasteiger partial charge is 1.00 e. The van der Waals surface area contributed by atoms with E-state index in [0.29, 0.717) is 0 Å². The van der Waals surface area contributed by atoms with Crippen LogP contribution in [0.15, 0.2) is 0 Å². The van der Waals surface area contributed by atoms with E-state index in [1.807, 2.05) is 0 Å². The Bertz CT molecular complexity index is 68.4. The van der Waals surface area contributed by atoms with Gasteiger partial charge >= 0.3 is 177 Å². The van der Waals surface area contributed by atoms with Crippen LogP contribution in [0.2, 0.25) is 0 Å². The van der Waals surface area contributed by atoms with E-state index in [4.69, 9.17) is 0 Å². The van der Waals surface area contributed by atoms with Crippen LogP contribution >= 0.6 is 0 Å². The van der Waals surface area contributed by atoms with Crippen LogP contribution in [0.25, 0.3) is 0 Å². The van der Waals surface area contributed by atoms with Gasteiger partial charge in [-0.1, -0.05) is 0 Å². The van der Waals surface area contributed by atoms with Gasteiger partial charge in [0.1, 0.15) is 0 Å². The van der Waals surface area contributed by atoms with Crippen molar-refractivity contribution in [3.05, 3.63) is 0 Å². The zero-order valence-corrected chi connectivity index (χ0v) is 77.8. The summed E-state index contributed by atoms with van der Waals surface area (Å²) < 4.78 is 0. The summed E-state index contributed by atoms with van der Waals surface area (Å²) in [7, 11) is 0. The Morgan fingerprint density at radius 3 is 0.0690 bits per heavy atom. The Morgan fingerprint density at radius 2 is 0.0690 bits per heavy atom. The topological polar surface area (TPSA) is 1250 Å². The molecule has 74 N–H and O–H groups in total. The molecule has 0 saturated heterocycles. The molecule has 0 aromatic carbocycles. The van der Waals surface area contributed by atoms with Gasteiger partial charge < -0.3 is 219 Å². The van der Waals surface area contributed by atoms with E-state index in [1.54, 1.807) is 0 Å². The fourth-order valence-corrected chi connectivity index (χ4v) is 0. The maximum absolute atomic E-state index is 0. The molecule has 58 heteroatoms. The van der Waals surface area contributed by atoms with Crippen molar-refractivity contribution in [3.63, 3.8) is 0 Å². The molecule has 392 valence electrons. The fourth-order valence-electron chi connectivity index (χ4n) is 0. The van der Waals surface area contributed by atoms with Crippen LogP contribution in [0.1, 0.15) is 0 Å². The van der Waals surface area contributed by atoms with Crippen LogP contribution < -0.4 is 177 Å². The van der Waals surface area contributed by atoms with Gasteiger partial charge in [0.05, 0.1) is 0 Å². The first-order chi connectivity index (χ1) is 0. The summed E-state index contributed by atoms with van der Waals surface area (Å²) in [6.45, 7) is 0. The molecular formula is H74Na6O40W12. The van der Waals surface area contributed by atoms with Gasteiger partial charge in [-0.25, -0.2) is 0 Å². The zero-order chi connectivity index (χ0) is 0. The molecule has 0 heterocycles. The standard InChI is InChI=1S/6Na.40H2O.12W/h;;;;;;40*1H2;;;;;;;;;;;;/q6*+1;;;;;;;;;;;;;;;;;;;;;;;;;;;;;;;;;;;;;;;;;;;;;;;;;;;;/p-6. The van der Waals surface area contributed by atoms with Crippen molar-refractivity contribution in [2.24, 2.45) is 0 Å². The molecule has 0 rings (SSSR count). The molecule has 0 saturated carbocycles. The minimum Gasteiger partial charge on any atom is -0.870 e. The van der Waals surface area contributed by atoms with Crippen LogP contribution in [-0.2, 0) is 253 Å². The Hall–Kier alpha value is 12.7. The van der Waals surface area contributed by atoms with Crippen molar-refractivity contribution in [2.45, 2.75) is 0 Å². The second-order valence-corrected chi connectivity index (χ2v) is 0. The fraction of sp³-hybridized carbons (Fsp3) is 0. The summed E-state index contributed by atoms with van der Waals surface area (Å²) in [6, 6.07) is 0. The van der Waals surface area contributed by atoms with Crippen molar-refractivity contribution in [3.8, 4) is 0 Å². The van der Waals surface area contributed by atoms with Crippen LogP contribution in [0.5, 0.6) is 0 Å². The number of hydrogen-bond donors (Lipinski definition) is 0. The molecule has 0 aromatic heterocycles. The summed E-state index contributed by atoms with van der Waals surface area (Å²) >= 11 is 0. The van der Waals surface area contributed by atoms with Gasteiger partial charge in [0.15, 0.2) is 0 Å². The summed E-state index contributed by atoms with van der Waals surface area (Å²) in [4.78, 5) is 0. The van der Waals surface area contributed by atoms with E-state index >= 15 is 0 Å². The van der Waals surface area contributed by atoms with Crippen LogP contribution in [-0.4, -0.2) is 219 Å². The van der Waals surface area contributed by atoms with Crippen molar-refractivity contribution >= 4 is 0 Å². The summed E-state index contributed by atoms with van der Waals surface area (Å²) in [5, 5.41) is 0. The van der Waals surface area contributed by atoms with Crippen molar-refractivity contribution in [2.75, 3.05) is 0 Å². The average molecular weight is 3060 g/mol. The molecule has 0 bridgehead atoms. The SMILES string of the molecule is O.O.O.O.O.O.O.O.O.O.O.O.O.O.O.O.O.O.O.O.O.O.O.O.O.O.O.O.O.O.O.O.O.O.[Na+].[Na+].[Na+].[Na+].[Na+].[Na+].[OH-].[OH-].[OH-].[OH-].[OH-].[OH-].[W].[W].[W].[W].[W].[W].[W].[W].[W].[W].[W].[W]. The van der Waals surface area contributed by atoms with E-state index in [9.17, 15) is 0 Å². The van der Waals surface area contributed by atoms with Crippen LogP contribution in [0.4, 0.5) is 0 Å². The van der Waals surface area contributed by atoms with Gasteiger partial charge in [0.2, 0.25) is 0 Å². The summed E-state index contributed by atoms with van der Waals surface area (Å²) in [6.07, 6.45) is 0. The van der Waals surface area contributed by atoms with E-state index in [1.165, 1.54) is 0 Å². The van der Waals surface area contributed by atoms with Crippen molar-refractivity contribution < 1.29 is 649 Å². The Kier molecular flexibility index (Phi) is 75600. The zero-order valence-electron chi connectivity index (χ0n) is 30.6. The molecular weight excluding hydrogens is 2980 g/mol. The predicted molar refractivity (Wildman–Crippen MR) is 134 cm³/mol. The predicted octanol–water partition coefficient (Wildman–Crippen LogP) is -47.1. The van der Waals surface area contributed by atoms with E-state index < -0.39 is 0 Å². The molecule has 0 aliphatic carbocycles. The molecule has 0 amide bonds. The molecule has 0 fully saturated rings. The maximum atomic E-state index is 0. The Labute approximate surface area is 636 Å². The van der Waals surface area contributed by atoms with Crippen LogP contribution in [0.3, 0.4) is 0 Å². The first kappa shape index (κ1) is 2140. The van der Waals surface area contributed by atoms with Crippen molar-refractivity contribution in [1.82, 2.24) is 0 Å². The van der Waals surface area contributed by atoms with E-state index in [-0.39, 0.29) is 649 Å². The Morgan fingerprint density at radius 1 is 0.0690 bits per heavy atom. The van der Waals surface area contributed by atoms with E-state index in [2.05, 4.69) is 0 Å². The third-order valence-corrected chi connectivity index (χ3v) is 0. The molecule has 0 aliphatic heterocycles. The van der Waals surface area contributed by atoms with Gasteiger partial charge in [-0.05, 0) is 0 Å². The minimum absolute atomic E-state index is 0. The third kappa shape index (κ3) is 1960. The minimum atomic E-state index is 0. The summed E-state index contributed by atoms with van der Waals surface area (Å²) in [5.41, 5.74) is 0. The van der Waals surface area contributed by atoms with Gasteiger partial charge in [-0.2, -0.15) is 0 Å². The number of hydrogen-bond acceptors (Lipinski definition) is 6. The smallest absolute Gasteiger partial charge is 0.870 e. The molecule has 58 heavy (non-hydrogen) atoms. The normalized spacial score (nSPS) is 0. The van der Waals surface area contributed by atoms with Crippen molar-refractivity contribution in [1.29, 1.82) is 0 Å². The first-order valence-corrected chi connectivity index (χ1v) is 0. The molecule has 0 unspecified atom stereocenters. The van der Waals surface area contributed by atoms with E-state index in [0.717, 1.165) is 0 Å². The molecule has 0 spiro atoms. The second-order valence-electron chi connectivity index (χ2n) is 0. The van der Waals surface area contributed by atoms with Gasteiger partial charge in [-0.3, -0.25) is 0 Å². The summed E-state index contributed by atoms with van der Waals surface area (Å²) in [5.74, 6) is 0. The van der Waals surface area contributed by atoms with Gasteiger partial charge in [0.25, 0.3) is 0 Å². The quantitative estimate of drug-likeness (QED) is 0.212. The van der Waals surface area contributed by atoms with Crippen LogP contribution in [0, 0.1) is 0 Å². The van der Waals surface area contributed by atoms with Gasteiger partial charge in [0, 0.05) is 253 Å². The van der Waals surface area contributed by atoms with Gasteiger partial charge in [-0.15, -0.1) is 0 Å². The number of rotatable bonds is 0. The average Bonchev–Trinajstić information content (AvgIpc) is 0. The third-order valence-electron chi connectivity index (χ3n) is 0. The monoisotopic (exact) mass is 3060 g/mol. The molecule has 0 radical (unpaired) electrons. The second kappa shape index (κ2) is 2050. The first-order valence-electron chi connectivity index (χ1n) is 0. The molecule has 40 nitrogen and oxygen atoms in total. The Balaban J connectivity index is 0. The molecule has 0 aromatic rings.